The second-order valence-electron chi connectivity index (χ2n) is 7.49. The van der Waals surface area contributed by atoms with Crippen molar-refractivity contribution >= 4 is 23.2 Å². The fourth-order valence-electron chi connectivity index (χ4n) is 3.46. The Morgan fingerprint density at radius 1 is 0.909 bits per heavy atom. The third-order valence-corrected chi connectivity index (χ3v) is 5.07. The summed E-state index contributed by atoms with van der Waals surface area (Å²) in [5, 5.41) is 2.89. The summed E-state index contributed by atoms with van der Waals surface area (Å²) in [5.74, 6) is 1.86. The molecule has 1 heterocycles. The number of rotatable bonds is 10. The third kappa shape index (κ3) is 6.26. The van der Waals surface area contributed by atoms with Crippen molar-refractivity contribution in [1.29, 1.82) is 0 Å². The Bertz CT molecular complexity index is 1070. The van der Waals surface area contributed by atoms with Crippen LogP contribution in [0.3, 0.4) is 0 Å². The van der Waals surface area contributed by atoms with Crippen LogP contribution in [-0.2, 0) is 9.59 Å². The minimum atomic E-state index is -0.152. The normalized spacial score (nSPS) is 12.5. The van der Waals surface area contributed by atoms with Crippen molar-refractivity contribution in [3.05, 3.63) is 78.9 Å². The predicted molar refractivity (Wildman–Crippen MR) is 126 cm³/mol. The summed E-state index contributed by atoms with van der Waals surface area (Å²) in [4.78, 5) is 26.5. The largest absolute Gasteiger partial charge is 0.494 e. The molecule has 0 saturated carbocycles. The highest BCUT2D eigenvalue weighted by Crippen LogP contribution is 2.34. The first-order valence-corrected chi connectivity index (χ1v) is 10.9. The number of hydrogen-bond donors (Lipinski definition) is 1. The Kier molecular flexibility index (Phi) is 7.43. The highest BCUT2D eigenvalue weighted by Gasteiger charge is 2.26. The zero-order valence-corrected chi connectivity index (χ0v) is 18.2. The van der Waals surface area contributed by atoms with Gasteiger partial charge in [0.2, 0.25) is 5.91 Å². The van der Waals surface area contributed by atoms with Gasteiger partial charge >= 0.3 is 0 Å². The van der Waals surface area contributed by atoms with Crippen LogP contribution >= 0.6 is 0 Å². The van der Waals surface area contributed by atoms with E-state index >= 15 is 0 Å². The van der Waals surface area contributed by atoms with Gasteiger partial charge in [0.1, 0.15) is 23.9 Å². The van der Waals surface area contributed by atoms with Crippen molar-refractivity contribution in [3.8, 4) is 17.2 Å². The number of amides is 2. The lowest BCUT2D eigenvalue weighted by Crippen LogP contribution is -2.41. The maximum absolute atomic E-state index is 12.5. The molecule has 3 aromatic carbocycles. The zero-order valence-electron chi connectivity index (χ0n) is 18.2. The van der Waals surface area contributed by atoms with E-state index in [4.69, 9.17) is 14.2 Å². The van der Waals surface area contributed by atoms with Crippen LogP contribution < -0.4 is 24.4 Å². The van der Waals surface area contributed by atoms with Gasteiger partial charge in [-0.25, -0.2) is 0 Å². The maximum Gasteiger partial charge on any atom is 0.265 e. The molecule has 0 unspecified atom stereocenters. The molecule has 7 heteroatoms. The Morgan fingerprint density at radius 3 is 2.27 bits per heavy atom. The average Bonchev–Trinajstić information content (AvgIpc) is 2.84. The molecular formula is C26H26N2O5. The number of fused-ring (bicyclic) bond motifs is 1. The van der Waals surface area contributed by atoms with E-state index in [9.17, 15) is 9.59 Å². The van der Waals surface area contributed by atoms with Crippen molar-refractivity contribution in [3.63, 3.8) is 0 Å². The molecule has 0 radical (unpaired) electrons. The van der Waals surface area contributed by atoms with E-state index in [2.05, 4.69) is 5.32 Å². The van der Waals surface area contributed by atoms with Crippen molar-refractivity contribution in [2.45, 2.75) is 12.8 Å². The van der Waals surface area contributed by atoms with E-state index in [1.165, 1.54) is 0 Å². The Balaban J connectivity index is 1.30. The fraction of sp³-hybridized carbons (Fsp3) is 0.231. The Morgan fingerprint density at radius 2 is 1.58 bits per heavy atom. The van der Waals surface area contributed by atoms with Gasteiger partial charge in [-0.05, 0) is 48.9 Å². The van der Waals surface area contributed by atoms with Gasteiger partial charge in [0.15, 0.2) is 6.61 Å². The highest BCUT2D eigenvalue weighted by molar-refractivity contribution is 5.99. The van der Waals surface area contributed by atoms with Gasteiger partial charge in [0.25, 0.3) is 5.91 Å². The minimum absolute atomic E-state index is 0.0224. The minimum Gasteiger partial charge on any atom is -0.494 e. The summed E-state index contributed by atoms with van der Waals surface area (Å²) in [7, 11) is 0. The van der Waals surface area contributed by atoms with Gasteiger partial charge in [0, 0.05) is 12.1 Å². The molecule has 1 aliphatic heterocycles. The average molecular weight is 447 g/mol. The summed E-state index contributed by atoms with van der Waals surface area (Å²) in [6, 6.07) is 24.2. The van der Waals surface area contributed by atoms with E-state index < -0.39 is 0 Å². The van der Waals surface area contributed by atoms with Crippen LogP contribution in [0.1, 0.15) is 12.8 Å². The van der Waals surface area contributed by atoms with Crippen LogP contribution in [0.15, 0.2) is 78.9 Å². The molecule has 0 saturated heterocycles. The smallest absolute Gasteiger partial charge is 0.265 e. The summed E-state index contributed by atoms with van der Waals surface area (Å²) in [6.07, 6.45) is 0.921. The van der Waals surface area contributed by atoms with Crippen molar-refractivity contribution in [1.82, 2.24) is 0 Å². The first kappa shape index (κ1) is 22.2. The van der Waals surface area contributed by atoms with E-state index in [1.807, 2.05) is 60.7 Å². The van der Waals surface area contributed by atoms with Gasteiger partial charge in [-0.2, -0.15) is 0 Å². The fourth-order valence-corrected chi connectivity index (χ4v) is 3.46. The van der Waals surface area contributed by atoms with Gasteiger partial charge < -0.3 is 24.4 Å². The molecule has 0 bridgehead atoms. The summed E-state index contributed by atoms with van der Waals surface area (Å²) < 4.78 is 16.9. The molecule has 1 N–H and O–H groups in total. The van der Waals surface area contributed by atoms with Crippen LogP contribution in [0.2, 0.25) is 0 Å². The first-order valence-electron chi connectivity index (χ1n) is 10.9. The molecule has 0 fully saturated rings. The molecule has 2 amide bonds. The topological polar surface area (TPSA) is 77.1 Å². The molecule has 1 aliphatic rings. The van der Waals surface area contributed by atoms with Crippen LogP contribution in [-0.4, -0.2) is 38.2 Å². The molecule has 170 valence electrons. The monoisotopic (exact) mass is 446 g/mol. The van der Waals surface area contributed by atoms with E-state index in [-0.39, 0.29) is 18.4 Å². The lowest BCUT2D eigenvalue weighted by atomic mass is 10.2. The molecular weight excluding hydrogens is 420 g/mol. The van der Waals surface area contributed by atoms with Crippen molar-refractivity contribution < 1.29 is 23.8 Å². The van der Waals surface area contributed by atoms with Crippen LogP contribution in [0.4, 0.5) is 11.4 Å². The van der Waals surface area contributed by atoms with Gasteiger partial charge in [0.05, 0.1) is 18.8 Å². The van der Waals surface area contributed by atoms with E-state index in [0.717, 1.165) is 11.5 Å². The predicted octanol–water partition coefficient (Wildman–Crippen LogP) is 4.29. The molecule has 3 aromatic rings. The number of nitrogens with one attached hydrogen (secondary N) is 1. The molecule has 0 atom stereocenters. The third-order valence-electron chi connectivity index (χ3n) is 5.07. The molecule has 0 aliphatic carbocycles. The quantitative estimate of drug-likeness (QED) is 0.470. The lowest BCUT2D eigenvalue weighted by Gasteiger charge is -2.29. The molecule has 33 heavy (non-hydrogen) atoms. The van der Waals surface area contributed by atoms with Gasteiger partial charge in [-0.3, -0.25) is 9.59 Å². The SMILES string of the molecule is O=C(CCCOc1ccccc1)Nc1ccc2c(c1)N(CCOc1ccccc1)C(=O)CO2. The number of nitrogens with zero attached hydrogens (tertiary/aromatic N) is 1. The number of anilines is 2. The van der Waals surface area contributed by atoms with E-state index in [0.29, 0.717) is 49.7 Å². The molecule has 7 nitrogen and oxygen atoms in total. The van der Waals surface area contributed by atoms with E-state index in [1.54, 1.807) is 23.1 Å². The highest BCUT2D eigenvalue weighted by atomic mass is 16.5. The molecule has 0 aromatic heterocycles. The molecule has 4 rings (SSSR count). The summed E-state index contributed by atoms with van der Waals surface area (Å²) in [5.41, 5.74) is 1.23. The second-order valence-corrected chi connectivity index (χ2v) is 7.49. The van der Waals surface area contributed by atoms with Crippen LogP contribution in [0.25, 0.3) is 0 Å². The summed E-state index contributed by atoms with van der Waals surface area (Å²) >= 11 is 0. The van der Waals surface area contributed by atoms with Crippen LogP contribution in [0, 0.1) is 0 Å². The number of carbonyl (C=O) groups excluding carboxylic acids is 2. The Hall–Kier alpha value is -4.00. The molecule has 0 spiro atoms. The van der Waals surface area contributed by atoms with Gasteiger partial charge in [-0.1, -0.05) is 36.4 Å². The number of hydrogen-bond acceptors (Lipinski definition) is 5. The first-order chi connectivity index (χ1) is 16.2. The zero-order chi connectivity index (χ0) is 22.9. The van der Waals surface area contributed by atoms with Gasteiger partial charge in [-0.15, -0.1) is 0 Å². The lowest BCUT2D eigenvalue weighted by molar-refractivity contribution is -0.121. The number of ether oxygens (including phenoxy) is 3. The Labute approximate surface area is 192 Å². The van der Waals surface area contributed by atoms with Crippen molar-refractivity contribution in [2.75, 3.05) is 36.6 Å². The number of benzene rings is 3. The summed E-state index contributed by atoms with van der Waals surface area (Å²) in [6.45, 7) is 1.15. The number of para-hydroxylation sites is 2. The van der Waals surface area contributed by atoms with Crippen LogP contribution in [0.5, 0.6) is 17.2 Å². The standard InChI is InChI=1S/C26H26N2O5/c29-25(12-7-16-31-21-8-3-1-4-9-21)27-20-13-14-24-23(18-20)28(26(30)19-33-24)15-17-32-22-10-5-2-6-11-22/h1-6,8-11,13-14,18H,7,12,15-17,19H2,(H,27,29). The second kappa shape index (κ2) is 11.0. The number of carbonyl (C=O) groups is 2. The maximum atomic E-state index is 12.5. The van der Waals surface area contributed by atoms with Crippen molar-refractivity contribution in [2.24, 2.45) is 0 Å².